The average Bonchev–Trinajstić information content (AvgIpc) is 2.67. The zero-order valence-corrected chi connectivity index (χ0v) is 10.3. The largest absolute Gasteiger partial charge is 0.271 e. The van der Waals surface area contributed by atoms with Crippen LogP contribution < -0.4 is 11.3 Å². The van der Waals surface area contributed by atoms with Crippen LogP contribution in [0.25, 0.3) is 0 Å². The van der Waals surface area contributed by atoms with Crippen LogP contribution in [-0.2, 0) is 0 Å². The van der Waals surface area contributed by atoms with Gasteiger partial charge in [-0.05, 0) is 29.5 Å². The molecule has 0 bridgehead atoms. The summed E-state index contributed by atoms with van der Waals surface area (Å²) in [6.45, 7) is 2.00. The molecule has 0 fully saturated rings. The molecule has 0 aliphatic rings. The molecule has 0 radical (unpaired) electrons. The van der Waals surface area contributed by atoms with E-state index < -0.39 is 0 Å². The van der Waals surface area contributed by atoms with Gasteiger partial charge in [-0.25, -0.2) is 5.43 Å². The van der Waals surface area contributed by atoms with E-state index in [2.05, 4.69) is 10.4 Å². The first-order valence-electron chi connectivity index (χ1n) is 4.83. The molecule has 0 aromatic carbocycles. The summed E-state index contributed by atoms with van der Waals surface area (Å²) in [5, 5.41) is 2.68. The highest BCUT2D eigenvalue weighted by Crippen LogP contribution is 2.32. The number of aryl methyl sites for hydroxylation is 1. The molecule has 2 aromatic heterocycles. The smallest absolute Gasteiger partial charge is 0.0832 e. The molecule has 2 aromatic rings. The average molecular weight is 254 g/mol. The normalized spacial score (nSPS) is 12.7. The summed E-state index contributed by atoms with van der Waals surface area (Å²) in [6.07, 6.45) is 3.61. The van der Waals surface area contributed by atoms with Crippen LogP contribution >= 0.6 is 22.9 Å². The number of thiophene rings is 1. The Morgan fingerprint density at radius 3 is 2.88 bits per heavy atom. The minimum atomic E-state index is -0.0973. The fraction of sp³-hybridized carbons (Fsp3) is 0.182. The fourth-order valence-electron chi connectivity index (χ4n) is 1.57. The lowest BCUT2D eigenvalue weighted by molar-refractivity contribution is 0.644. The minimum absolute atomic E-state index is 0.0973. The Balaban J connectivity index is 2.40. The van der Waals surface area contributed by atoms with Crippen LogP contribution in [0.4, 0.5) is 0 Å². The van der Waals surface area contributed by atoms with Gasteiger partial charge in [0.05, 0.1) is 11.1 Å². The first-order chi connectivity index (χ1) is 7.72. The predicted octanol–water partition coefficient (Wildman–Crippen LogP) is 2.66. The molecule has 0 saturated heterocycles. The number of aromatic nitrogens is 1. The number of hydrogen-bond acceptors (Lipinski definition) is 4. The lowest BCUT2D eigenvalue weighted by Crippen LogP contribution is -2.28. The SMILES string of the molecule is Cc1cncc(C(NN)c2sccc2Cl)c1. The summed E-state index contributed by atoms with van der Waals surface area (Å²) in [5.41, 5.74) is 4.90. The van der Waals surface area contributed by atoms with Crippen molar-refractivity contribution in [1.82, 2.24) is 10.4 Å². The Morgan fingerprint density at radius 1 is 1.50 bits per heavy atom. The summed E-state index contributed by atoms with van der Waals surface area (Å²) in [7, 11) is 0. The van der Waals surface area contributed by atoms with E-state index in [1.165, 1.54) is 0 Å². The highest BCUT2D eigenvalue weighted by Gasteiger charge is 2.17. The molecule has 2 rings (SSSR count). The molecule has 5 heteroatoms. The molecule has 0 spiro atoms. The molecular weight excluding hydrogens is 242 g/mol. The highest BCUT2D eigenvalue weighted by molar-refractivity contribution is 7.10. The minimum Gasteiger partial charge on any atom is -0.271 e. The second-order valence-electron chi connectivity index (χ2n) is 3.53. The van der Waals surface area contributed by atoms with Gasteiger partial charge in [-0.15, -0.1) is 11.3 Å². The van der Waals surface area contributed by atoms with Crippen LogP contribution in [0.2, 0.25) is 5.02 Å². The Morgan fingerprint density at radius 2 is 2.31 bits per heavy atom. The van der Waals surface area contributed by atoms with Gasteiger partial charge in [0.15, 0.2) is 0 Å². The second kappa shape index (κ2) is 4.93. The van der Waals surface area contributed by atoms with Gasteiger partial charge in [0.2, 0.25) is 0 Å². The topological polar surface area (TPSA) is 50.9 Å². The van der Waals surface area contributed by atoms with Crippen LogP contribution in [0.15, 0.2) is 29.9 Å². The van der Waals surface area contributed by atoms with E-state index in [9.17, 15) is 0 Å². The monoisotopic (exact) mass is 253 g/mol. The zero-order chi connectivity index (χ0) is 11.5. The van der Waals surface area contributed by atoms with Crippen molar-refractivity contribution in [2.45, 2.75) is 13.0 Å². The summed E-state index contributed by atoms with van der Waals surface area (Å²) in [4.78, 5) is 5.17. The summed E-state index contributed by atoms with van der Waals surface area (Å²) < 4.78 is 0. The van der Waals surface area contributed by atoms with Gasteiger partial charge in [0.25, 0.3) is 0 Å². The van der Waals surface area contributed by atoms with Crippen molar-refractivity contribution < 1.29 is 0 Å². The quantitative estimate of drug-likeness (QED) is 0.653. The number of nitrogens with two attached hydrogens (primary N) is 1. The molecule has 84 valence electrons. The van der Waals surface area contributed by atoms with E-state index in [0.29, 0.717) is 0 Å². The molecule has 0 saturated carbocycles. The lowest BCUT2D eigenvalue weighted by Gasteiger charge is -2.15. The van der Waals surface area contributed by atoms with Crippen molar-refractivity contribution in [1.29, 1.82) is 0 Å². The zero-order valence-electron chi connectivity index (χ0n) is 8.77. The Kier molecular flexibility index (Phi) is 3.56. The van der Waals surface area contributed by atoms with E-state index in [-0.39, 0.29) is 6.04 Å². The first-order valence-corrected chi connectivity index (χ1v) is 6.08. The van der Waals surface area contributed by atoms with E-state index >= 15 is 0 Å². The fourth-order valence-corrected chi connectivity index (χ4v) is 2.82. The van der Waals surface area contributed by atoms with Gasteiger partial charge < -0.3 is 0 Å². The number of hydrazine groups is 1. The van der Waals surface area contributed by atoms with E-state index in [0.717, 1.165) is 21.0 Å². The molecule has 1 atom stereocenters. The Bertz CT molecular complexity index is 484. The van der Waals surface area contributed by atoms with Crippen molar-refractivity contribution >= 4 is 22.9 Å². The number of pyridine rings is 1. The number of nitrogens with one attached hydrogen (secondary N) is 1. The number of hydrogen-bond donors (Lipinski definition) is 2. The molecule has 2 heterocycles. The predicted molar refractivity (Wildman–Crippen MR) is 67.5 cm³/mol. The Hall–Kier alpha value is -0.940. The number of nitrogens with zero attached hydrogens (tertiary/aromatic N) is 1. The van der Waals surface area contributed by atoms with Gasteiger partial charge in [-0.3, -0.25) is 10.8 Å². The highest BCUT2D eigenvalue weighted by atomic mass is 35.5. The van der Waals surface area contributed by atoms with Crippen LogP contribution in [0.1, 0.15) is 22.0 Å². The number of rotatable bonds is 3. The maximum atomic E-state index is 6.10. The summed E-state index contributed by atoms with van der Waals surface area (Å²) in [6, 6.07) is 3.82. The molecule has 0 amide bonds. The summed E-state index contributed by atoms with van der Waals surface area (Å²) in [5.74, 6) is 5.59. The van der Waals surface area contributed by atoms with Gasteiger partial charge >= 0.3 is 0 Å². The third kappa shape index (κ3) is 2.25. The van der Waals surface area contributed by atoms with Gasteiger partial charge in [-0.1, -0.05) is 17.7 Å². The molecule has 16 heavy (non-hydrogen) atoms. The standard InChI is InChI=1S/C11H12ClN3S/c1-7-4-8(6-14-5-7)10(15-13)11-9(12)2-3-16-11/h2-6,10,15H,13H2,1H3. The maximum absolute atomic E-state index is 6.10. The first kappa shape index (κ1) is 11.5. The summed E-state index contributed by atoms with van der Waals surface area (Å²) >= 11 is 7.68. The van der Waals surface area contributed by atoms with Crippen molar-refractivity contribution in [3.8, 4) is 0 Å². The Labute approximate surface area is 103 Å². The lowest BCUT2D eigenvalue weighted by atomic mass is 10.1. The molecule has 3 nitrogen and oxygen atoms in total. The van der Waals surface area contributed by atoms with Crippen molar-refractivity contribution in [3.63, 3.8) is 0 Å². The van der Waals surface area contributed by atoms with E-state index in [1.807, 2.05) is 30.6 Å². The van der Waals surface area contributed by atoms with Crippen LogP contribution in [-0.4, -0.2) is 4.98 Å². The second-order valence-corrected chi connectivity index (χ2v) is 4.88. The van der Waals surface area contributed by atoms with Gasteiger partial charge in [0, 0.05) is 17.3 Å². The molecular formula is C11H12ClN3S. The van der Waals surface area contributed by atoms with Crippen LogP contribution in [0.5, 0.6) is 0 Å². The molecule has 0 aliphatic heterocycles. The van der Waals surface area contributed by atoms with Crippen LogP contribution in [0.3, 0.4) is 0 Å². The van der Waals surface area contributed by atoms with E-state index in [4.69, 9.17) is 17.4 Å². The number of halogens is 1. The van der Waals surface area contributed by atoms with Crippen LogP contribution in [0, 0.1) is 6.92 Å². The maximum Gasteiger partial charge on any atom is 0.0832 e. The van der Waals surface area contributed by atoms with Crippen molar-refractivity contribution in [2.75, 3.05) is 0 Å². The van der Waals surface area contributed by atoms with Gasteiger partial charge in [0.1, 0.15) is 0 Å². The molecule has 1 unspecified atom stereocenters. The van der Waals surface area contributed by atoms with Crippen molar-refractivity contribution in [2.24, 2.45) is 5.84 Å². The van der Waals surface area contributed by atoms with Gasteiger partial charge in [-0.2, -0.15) is 0 Å². The third-order valence-corrected chi connectivity index (χ3v) is 3.73. The van der Waals surface area contributed by atoms with E-state index in [1.54, 1.807) is 17.5 Å². The molecule has 0 aliphatic carbocycles. The third-order valence-electron chi connectivity index (χ3n) is 2.30. The molecule has 3 N–H and O–H groups in total. The van der Waals surface area contributed by atoms with Crippen molar-refractivity contribution in [3.05, 3.63) is 50.9 Å².